The van der Waals surface area contributed by atoms with Crippen LogP contribution in [0.25, 0.3) is 0 Å². The van der Waals surface area contributed by atoms with E-state index in [9.17, 15) is 19.1 Å². The molecule has 2 amide bonds. The molecule has 1 aliphatic heterocycles. The molecule has 0 bridgehead atoms. The molecule has 9 heteroatoms. The summed E-state index contributed by atoms with van der Waals surface area (Å²) < 4.78 is 18.6. The molecule has 1 aromatic carbocycles. The highest BCUT2D eigenvalue weighted by molar-refractivity contribution is 7.81. The van der Waals surface area contributed by atoms with Crippen LogP contribution in [0, 0.1) is 5.82 Å². The molecule has 0 fully saturated rings. The Morgan fingerprint density at radius 2 is 2.17 bits per heavy atom. The first-order chi connectivity index (χ1) is 10.9. The van der Waals surface area contributed by atoms with E-state index in [0.29, 0.717) is 4.90 Å². The predicted molar refractivity (Wildman–Crippen MR) is 83.2 cm³/mol. The number of imide groups is 1. The van der Waals surface area contributed by atoms with Crippen molar-refractivity contribution in [2.24, 2.45) is 0 Å². The number of carbonyl (C=O) groups is 2. The number of anilines is 1. The number of amides is 2. The van der Waals surface area contributed by atoms with Gasteiger partial charge in [0, 0.05) is 13.0 Å². The summed E-state index contributed by atoms with van der Waals surface area (Å²) in [6, 6.07) is 4.05. The van der Waals surface area contributed by atoms with Gasteiger partial charge in [0.1, 0.15) is 16.3 Å². The van der Waals surface area contributed by atoms with Crippen molar-refractivity contribution >= 4 is 34.9 Å². The van der Waals surface area contributed by atoms with E-state index in [2.05, 4.69) is 5.32 Å². The number of methoxy groups -OCH3 is 1. The molecule has 0 unspecified atom stereocenters. The second kappa shape index (κ2) is 6.61. The lowest BCUT2D eigenvalue weighted by Crippen LogP contribution is -2.43. The van der Waals surface area contributed by atoms with Gasteiger partial charge in [-0.2, -0.15) is 0 Å². The van der Waals surface area contributed by atoms with Crippen molar-refractivity contribution < 1.29 is 28.9 Å². The van der Waals surface area contributed by atoms with Gasteiger partial charge in [0.25, 0.3) is 5.91 Å². The van der Waals surface area contributed by atoms with Crippen LogP contribution < -0.4 is 10.1 Å². The summed E-state index contributed by atoms with van der Waals surface area (Å²) in [5, 5.41) is 21.4. The third-order valence-corrected chi connectivity index (χ3v) is 3.50. The van der Waals surface area contributed by atoms with E-state index in [0.717, 1.165) is 0 Å². The summed E-state index contributed by atoms with van der Waals surface area (Å²) in [5.41, 5.74) is -0.182. The molecule has 0 atom stereocenters. The van der Waals surface area contributed by atoms with Gasteiger partial charge in [-0.1, -0.05) is 18.3 Å². The van der Waals surface area contributed by atoms with Crippen LogP contribution in [0.1, 0.15) is 6.42 Å². The Hall–Kier alpha value is -2.68. The van der Waals surface area contributed by atoms with Crippen LogP contribution >= 0.6 is 12.2 Å². The predicted octanol–water partition coefficient (Wildman–Crippen LogP) is 2.30. The van der Waals surface area contributed by atoms with E-state index >= 15 is 0 Å². The third kappa shape index (κ3) is 3.24. The number of thiocarbonyl (C=S) groups is 1. The summed E-state index contributed by atoms with van der Waals surface area (Å²) >= 11 is 5.05. The highest BCUT2D eigenvalue weighted by atomic mass is 32.1. The number of hydrogen-bond acceptors (Lipinski definition) is 5. The maximum absolute atomic E-state index is 13.6. The lowest BCUT2D eigenvalue weighted by molar-refractivity contribution is -0.125. The Labute approximate surface area is 136 Å². The van der Waals surface area contributed by atoms with Crippen LogP contribution in [0.4, 0.5) is 14.9 Å². The Bertz CT molecular complexity index is 719. The Balaban J connectivity index is 2.32. The summed E-state index contributed by atoms with van der Waals surface area (Å²) in [4.78, 5) is 23.5. The molecule has 0 aliphatic carbocycles. The minimum absolute atomic E-state index is 0.0462. The van der Waals surface area contributed by atoms with E-state index in [1.54, 1.807) is 0 Å². The zero-order valence-electron chi connectivity index (χ0n) is 12.0. The van der Waals surface area contributed by atoms with Crippen molar-refractivity contribution in [2.75, 3.05) is 19.0 Å². The third-order valence-electron chi connectivity index (χ3n) is 3.20. The molecule has 1 aliphatic rings. The van der Waals surface area contributed by atoms with Gasteiger partial charge < -0.3 is 20.3 Å². The van der Waals surface area contributed by atoms with Crippen LogP contribution in [0.5, 0.6) is 5.75 Å². The molecule has 2 rings (SSSR count). The van der Waals surface area contributed by atoms with Gasteiger partial charge in [-0.05, 0) is 12.1 Å². The van der Waals surface area contributed by atoms with Crippen molar-refractivity contribution in [3.05, 3.63) is 35.3 Å². The number of carbonyl (C=O) groups excluding carboxylic acids is 1. The molecule has 23 heavy (non-hydrogen) atoms. The number of para-hydroxylation sites is 1. The maximum atomic E-state index is 13.6. The highest BCUT2D eigenvalue weighted by Gasteiger charge is 2.33. The molecule has 0 radical (unpaired) electrons. The molecule has 1 heterocycles. The fourth-order valence-electron chi connectivity index (χ4n) is 2.11. The molecule has 0 saturated carbocycles. The smallest absolute Gasteiger partial charge is 0.414 e. The Kier molecular flexibility index (Phi) is 4.80. The highest BCUT2D eigenvalue weighted by Crippen LogP contribution is 2.29. The van der Waals surface area contributed by atoms with Crippen LogP contribution in [-0.2, 0) is 4.79 Å². The molecule has 7 nitrogen and oxygen atoms in total. The zero-order valence-corrected chi connectivity index (χ0v) is 12.8. The van der Waals surface area contributed by atoms with Crippen molar-refractivity contribution in [3.63, 3.8) is 0 Å². The first-order valence-electron chi connectivity index (χ1n) is 6.47. The molecule has 0 saturated heterocycles. The average Bonchev–Trinajstić information content (AvgIpc) is 2.47. The molecule has 1 aromatic rings. The van der Waals surface area contributed by atoms with Crippen molar-refractivity contribution in [2.45, 2.75) is 6.42 Å². The lowest BCUT2D eigenvalue weighted by atomic mass is 10.1. The van der Waals surface area contributed by atoms with Gasteiger partial charge >= 0.3 is 6.09 Å². The first kappa shape index (κ1) is 16.7. The van der Waals surface area contributed by atoms with E-state index < -0.39 is 17.8 Å². The summed E-state index contributed by atoms with van der Waals surface area (Å²) in [6.07, 6.45) is -1.48. The summed E-state index contributed by atoms with van der Waals surface area (Å²) in [6.45, 7) is -0.157. The number of nitrogens with zero attached hydrogens (tertiary/aromatic N) is 1. The van der Waals surface area contributed by atoms with E-state index in [1.807, 2.05) is 0 Å². The second-order valence-electron chi connectivity index (χ2n) is 4.59. The zero-order chi connectivity index (χ0) is 17.1. The largest absolute Gasteiger partial charge is 0.511 e. The van der Waals surface area contributed by atoms with Gasteiger partial charge in [0.15, 0.2) is 11.6 Å². The maximum Gasteiger partial charge on any atom is 0.414 e. The number of hydrogen-bond donors (Lipinski definition) is 3. The van der Waals surface area contributed by atoms with E-state index in [4.69, 9.17) is 22.1 Å². The minimum Gasteiger partial charge on any atom is -0.511 e. The Morgan fingerprint density at radius 3 is 2.78 bits per heavy atom. The van der Waals surface area contributed by atoms with Crippen LogP contribution in [0.3, 0.4) is 0 Å². The number of nitrogens with one attached hydrogen (secondary N) is 1. The van der Waals surface area contributed by atoms with Gasteiger partial charge in [-0.15, -0.1) is 0 Å². The standard InChI is InChI=1S/C14H13FN2O5S/c1-22-11-7(15)3-2-4-8(11)16-12(23)10-9(18)5-6-17(13(10)19)14(20)21/h2-4,18H,5-6H2,1H3,(H,16,23)(H,20,21). The van der Waals surface area contributed by atoms with E-state index in [-0.39, 0.29) is 40.7 Å². The SMILES string of the molecule is COc1c(F)cccc1NC(=S)C1=C(O)CCN(C(=O)O)C1=O. The normalized spacial score (nSPS) is 14.7. The summed E-state index contributed by atoms with van der Waals surface area (Å²) in [5.74, 6) is -2.01. The molecule has 0 spiro atoms. The molecular formula is C14H13FN2O5S. The number of halogens is 1. The number of carboxylic acid groups (broad SMARTS) is 1. The number of benzene rings is 1. The van der Waals surface area contributed by atoms with Gasteiger partial charge in [-0.3, -0.25) is 4.79 Å². The van der Waals surface area contributed by atoms with Crippen LogP contribution in [0.2, 0.25) is 0 Å². The fourth-order valence-corrected chi connectivity index (χ4v) is 2.43. The quantitative estimate of drug-likeness (QED) is 0.726. The fraction of sp³-hybridized carbons (Fsp3) is 0.214. The summed E-state index contributed by atoms with van der Waals surface area (Å²) in [7, 11) is 1.27. The van der Waals surface area contributed by atoms with Crippen molar-refractivity contribution in [3.8, 4) is 5.75 Å². The monoisotopic (exact) mass is 340 g/mol. The number of rotatable bonds is 3. The van der Waals surface area contributed by atoms with Crippen molar-refractivity contribution in [1.29, 1.82) is 0 Å². The van der Waals surface area contributed by atoms with Gasteiger partial charge in [-0.25, -0.2) is 14.1 Å². The van der Waals surface area contributed by atoms with Crippen LogP contribution in [0.15, 0.2) is 29.5 Å². The first-order valence-corrected chi connectivity index (χ1v) is 6.88. The lowest BCUT2D eigenvalue weighted by Gasteiger charge is -2.25. The topological polar surface area (TPSA) is 99.1 Å². The van der Waals surface area contributed by atoms with Gasteiger partial charge in [0.2, 0.25) is 0 Å². The Morgan fingerprint density at radius 1 is 1.48 bits per heavy atom. The molecular weight excluding hydrogens is 327 g/mol. The number of ether oxygens (including phenoxy) is 1. The average molecular weight is 340 g/mol. The second-order valence-corrected chi connectivity index (χ2v) is 4.99. The minimum atomic E-state index is -1.44. The molecule has 122 valence electrons. The number of aliphatic hydroxyl groups is 1. The van der Waals surface area contributed by atoms with Gasteiger partial charge in [0.05, 0.1) is 12.8 Å². The van der Waals surface area contributed by atoms with Crippen molar-refractivity contribution in [1.82, 2.24) is 4.90 Å². The molecule has 3 N–H and O–H groups in total. The van der Waals surface area contributed by atoms with E-state index in [1.165, 1.54) is 25.3 Å². The molecule has 0 aromatic heterocycles. The van der Waals surface area contributed by atoms with Crippen LogP contribution in [-0.4, -0.2) is 45.8 Å². The number of aliphatic hydroxyl groups excluding tert-OH is 1.